The minimum absolute atomic E-state index is 0.00750. The second kappa shape index (κ2) is 13.5. The van der Waals surface area contributed by atoms with Crippen LogP contribution in [0.15, 0.2) is 23.3 Å². The molecule has 218 valence electrons. The molecule has 1 fully saturated rings. The standard InChI is InChI=1S/C28H46N2O7Si2/c1-19(31)17-35-27(33)21-15-22-20-13-24(23(22)16-21)25(14-20)28(34)36-18-26(32)30-10-8-12-39(5,6)37-38(3,4)11-7-9-29-2/h14,16,20,22-24,29H,7-13,15,17-18H2,1-6H3,(H,30,32). The van der Waals surface area contributed by atoms with E-state index in [1.54, 1.807) is 0 Å². The predicted octanol–water partition coefficient (Wildman–Crippen LogP) is 3.34. The molecule has 1 saturated carbocycles. The first-order chi connectivity index (χ1) is 18.3. The molecule has 3 aliphatic carbocycles. The summed E-state index contributed by atoms with van der Waals surface area (Å²) in [7, 11) is -1.54. The van der Waals surface area contributed by atoms with Gasteiger partial charge in [-0.15, -0.1) is 0 Å². The Kier molecular flexibility index (Phi) is 10.9. The number of ether oxygens (including phenoxy) is 2. The summed E-state index contributed by atoms with van der Waals surface area (Å²) in [5.74, 6) is -0.853. The summed E-state index contributed by atoms with van der Waals surface area (Å²) >= 11 is 0. The second-order valence-corrected chi connectivity index (χ2v) is 21.3. The molecule has 0 aromatic rings. The van der Waals surface area contributed by atoms with Gasteiger partial charge in [-0.3, -0.25) is 9.59 Å². The van der Waals surface area contributed by atoms with Crippen LogP contribution < -0.4 is 10.6 Å². The van der Waals surface area contributed by atoms with Crippen LogP contribution in [0.1, 0.15) is 32.6 Å². The molecule has 0 aromatic carbocycles. The fourth-order valence-electron chi connectivity index (χ4n) is 6.35. The Morgan fingerprint density at radius 1 is 0.923 bits per heavy atom. The van der Waals surface area contributed by atoms with Crippen molar-refractivity contribution in [2.45, 2.75) is 70.9 Å². The number of fused-ring (bicyclic) bond motifs is 5. The lowest BCUT2D eigenvalue weighted by molar-refractivity contribution is -0.145. The maximum Gasteiger partial charge on any atom is 0.334 e. The number of Topliss-reactive ketones (excluding diaryl/α,β-unsaturated/α-hetero) is 1. The first-order valence-electron chi connectivity index (χ1n) is 14.2. The Morgan fingerprint density at radius 3 is 2.21 bits per heavy atom. The Hall–Kier alpha value is -2.09. The number of carbonyl (C=O) groups excluding carboxylic acids is 4. The number of hydrogen-bond donors (Lipinski definition) is 2. The number of hydrogen-bond acceptors (Lipinski definition) is 8. The molecule has 0 aromatic heterocycles. The van der Waals surface area contributed by atoms with E-state index in [9.17, 15) is 19.2 Å². The molecular weight excluding hydrogens is 532 g/mol. The molecule has 3 aliphatic rings. The average molecular weight is 579 g/mol. The highest BCUT2D eigenvalue weighted by molar-refractivity contribution is 6.84. The molecule has 4 unspecified atom stereocenters. The normalized spacial score (nSPS) is 23.6. The zero-order valence-electron chi connectivity index (χ0n) is 24.4. The van der Waals surface area contributed by atoms with Gasteiger partial charge >= 0.3 is 11.9 Å². The van der Waals surface area contributed by atoms with E-state index in [-0.39, 0.29) is 48.6 Å². The van der Waals surface area contributed by atoms with Gasteiger partial charge in [0.2, 0.25) is 0 Å². The van der Waals surface area contributed by atoms with E-state index >= 15 is 0 Å². The topological polar surface area (TPSA) is 120 Å². The summed E-state index contributed by atoms with van der Waals surface area (Å²) in [6.45, 7) is 11.4. The third-order valence-electron chi connectivity index (χ3n) is 7.95. The van der Waals surface area contributed by atoms with E-state index in [0.29, 0.717) is 24.1 Å². The average Bonchev–Trinajstić information content (AvgIpc) is 3.55. The molecule has 2 N–H and O–H groups in total. The van der Waals surface area contributed by atoms with Gasteiger partial charge in [-0.25, -0.2) is 9.59 Å². The van der Waals surface area contributed by atoms with Crippen LogP contribution in [0.2, 0.25) is 38.3 Å². The number of rotatable bonds is 16. The molecular formula is C28H46N2O7Si2. The van der Waals surface area contributed by atoms with Crippen LogP contribution >= 0.6 is 0 Å². The van der Waals surface area contributed by atoms with Gasteiger partial charge in [-0.05, 0) is 108 Å². The van der Waals surface area contributed by atoms with Crippen molar-refractivity contribution in [1.29, 1.82) is 0 Å². The molecule has 4 atom stereocenters. The van der Waals surface area contributed by atoms with Crippen molar-refractivity contribution in [1.82, 2.24) is 10.6 Å². The highest BCUT2D eigenvalue weighted by Crippen LogP contribution is 2.57. The van der Waals surface area contributed by atoms with Crippen molar-refractivity contribution in [3.63, 3.8) is 0 Å². The first-order valence-corrected chi connectivity index (χ1v) is 20.4. The van der Waals surface area contributed by atoms with Crippen molar-refractivity contribution in [3.8, 4) is 0 Å². The lowest BCUT2D eigenvalue weighted by Gasteiger charge is -2.34. The number of esters is 2. The summed E-state index contributed by atoms with van der Waals surface area (Å²) in [6, 6.07) is 2.10. The quantitative estimate of drug-likeness (QED) is 0.163. The molecule has 39 heavy (non-hydrogen) atoms. The number of nitrogens with one attached hydrogen (secondary N) is 2. The lowest BCUT2D eigenvalue weighted by atomic mass is 9.81. The molecule has 0 radical (unpaired) electrons. The van der Waals surface area contributed by atoms with E-state index in [2.05, 4.69) is 36.8 Å². The number of ketones is 1. The lowest BCUT2D eigenvalue weighted by Crippen LogP contribution is -2.44. The van der Waals surface area contributed by atoms with Crippen LogP contribution in [0.4, 0.5) is 0 Å². The van der Waals surface area contributed by atoms with Crippen LogP contribution in [0.25, 0.3) is 0 Å². The van der Waals surface area contributed by atoms with E-state index in [4.69, 9.17) is 13.6 Å². The van der Waals surface area contributed by atoms with E-state index < -0.39 is 28.6 Å². The van der Waals surface area contributed by atoms with E-state index in [1.165, 1.54) is 6.92 Å². The molecule has 0 aliphatic heterocycles. The van der Waals surface area contributed by atoms with Crippen molar-refractivity contribution >= 4 is 40.3 Å². The Bertz CT molecular complexity index is 1010. The second-order valence-electron chi connectivity index (χ2n) is 12.4. The summed E-state index contributed by atoms with van der Waals surface area (Å²) in [6.07, 6.45) is 7.29. The van der Waals surface area contributed by atoms with E-state index in [1.807, 2.05) is 19.2 Å². The third kappa shape index (κ3) is 8.96. The van der Waals surface area contributed by atoms with Crippen LogP contribution in [-0.4, -0.2) is 73.6 Å². The van der Waals surface area contributed by atoms with Crippen molar-refractivity contribution in [2.75, 3.05) is 33.4 Å². The molecule has 1 amide bonds. The molecule has 3 rings (SSSR count). The SMILES string of the molecule is CNCCC[Si](C)(C)O[Si](C)(C)CCCNC(=O)COC(=O)C1=CC2CC1C1C=C(C(=O)OCC(C)=O)CC21. The van der Waals surface area contributed by atoms with Crippen molar-refractivity contribution in [2.24, 2.45) is 23.7 Å². The van der Waals surface area contributed by atoms with Gasteiger partial charge in [0.25, 0.3) is 5.91 Å². The van der Waals surface area contributed by atoms with Gasteiger partial charge in [-0.2, -0.15) is 0 Å². The summed E-state index contributed by atoms with van der Waals surface area (Å²) in [5.41, 5.74) is 1.19. The van der Waals surface area contributed by atoms with Crippen LogP contribution in [0.3, 0.4) is 0 Å². The van der Waals surface area contributed by atoms with Crippen molar-refractivity contribution < 1.29 is 32.8 Å². The monoisotopic (exact) mass is 578 g/mol. The minimum Gasteiger partial charge on any atom is -0.455 e. The maximum atomic E-state index is 12.8. The maximum absolute atomic E-state index is 12.8. The molecule has 11 heteroatoms. The van der Waals surface area contributed by atoms with Gasteiger partial charge in [0.1, 0.15) is 6.61 Å². The summed E-state index contributed by atoms with van der Waals surface area (Å²) in [4.78, 5) is 48.5. The highest BCUT2D eigenvalue weighted by Gasteiger charge is 2.52. The van der Waals surface area contributed by atoms with Crippen LogP contribution in [-0.2, 0) is 32.8 Å². The van der Waals surface area contributed by atoms with Gasteiger partial charge < -0.3 is 24.2 Å². The Balaban J connectivity index is 1.37. The molecule has 2 bridgehead atoms. The zero-order chi connectivity index (χ0) is 28.8. The smallest absolute Gasteiger partial charge is 0.334 e. The Labute approximate surface area is 234 Å². The van der Waals surface area contributed by atoms with Gasteiger partial charge in [-0.1, -0.05) is 12.2 Å². The zero-order valence-corrected chi connectivity index (χ0v) is 26.4. The van der Waals surface area contributed by atoms with Crippen LogP contribution in [0, 0.1) is 23.7 Å². The van der Waals surface area contributed by atoms with Crippen molar-refractivity contribution in [3.05, 3.63) is 23.3 Å². The fourth-order valence-corrected chi connectivity index (χ4v) is 15.2. The molecule has 0 saturated heterocycles. The summed E-state index contributed by atoms with van der Waals surface area (Å²) in [5, 5.41) is 6.06. The largest absolute Gasteiger partial charge is 0.455 e. The molecule has 0 spiro atoms. The van der Waals surface area contributed by atoms with Crippen LogP contribution in [0.5, 0.6) is 0 Å². The number of allylic oxidation sites excluding steroid dienone is 2. The molecule has 9 nitrogen and oxygen atoms in total. The first kappa shape index (κ1) is 31.4. The van der Waals surface area contributed by atoms with E-state index in [0.717, 1.165) is 37.9 Å². The van der Waals surface area contributed by atoms with Gasteiger partial charge in [0.15, 0.2) is 29.0 Å². The molecule has 0 heterocycles. The highest BCUT2D eigenvalue weighted by atomic mass is 28.4. The fraction of sp³-hybridized carbons (Fsp3) is 0.714. The number of carbonyl (C=O) groups is 4. The summed E-state index contributed by atoms with van der Waals surface area (Å²) < 4.78 is 17.0. The minimum atomic E-state index is -1.82. The predicted molar refractivity (Wildman–Crippen MR) is 154 cm³/mol. The number of amides is 1. The van der Waals surface area contributed by atoms with Gasteiger partial charge in [0.05, 0.1) is 0 Å². The van der Waals surface area contributed by atoms with Gasteiger partial charge in [0, 0.05) is 17.7 Å². The third-order valence-corrected chi connectivity index (χ3v) is 15.5. The Morgan fingerprint density at radius 2 is 1.56 bits per heavy atom.